The van der Waals surface area contributed by atoms with Crippen LogP contribution in [-0.4, -0.2) is 29.6 Å². The van der Waals surface area contributed by atoms with Crippen LogP contribution in [0, 0.1) is 0 Å². The number of benzene rings is 1. The number of phenolic OH excluding ortho intramolecular Hbond substituents is 1. The molecule has 0 radical (unpaired) electrons. The van der Waals surface area contributed by atoms with Crippen LogP contribution in [0.1, 0.15) is 10.4 Å². The molecule has 0 fully saturated rings. The minimum atomic E-state index is -3.94. The number of aromatic carboxylic acids is 1. The minimum absolute atomic E-state index is 0.0985. The SMILES string of the molecule is O=C(O)c1ccc(NS(=O)(=O)c2cncc(Br)c2)c(O)c1. The van der Waals surface area contributed by atoms with Crippen molar-refractivity contribution in [3.8, 4) is 5.75 Å². The van der Waals surface area contributed by atoms with E-state index in [0.29, 0.717) is 4.47 Å². The van der Waals surface area contributed by atoms with Gasteiger partial charge in [-0.05, 0) is 40.2 Å². The standard InChI is InChI=1S/C12H9BrN2O5S/c13-8-4-9(6-14-5-8)21(19,20)15-10-2-1-7(12(17)18)3-11(10)16/h1-6,15-16H,(H,17,18). The van der Waals surface area contributed by atoms with Crippen molar-refractivity contribution < 1.29 is 23.4 Å². The van der Waals surface area contributed by atoms with Gasteiger partial charge in [0.25, 0.3) is 10.0 Å². The largest absolute Gasteiger partial charge is 0.506 e. The molecule has 0 saturated carbocycles. The topological polar surface area (TPSA) is 117 Å². The molecule has 1 aromatic heterocycles. The summed E-state index contributed by atoms with van der Waals surface area (Å²) in [6.45, 7) is 0. The molecule has 2 aromatic rings. The van der Waals surface area contributed by atoms with Gasteiger partial charge < -0.3 is 10.2 Å². The molecule has 1 aromatic carbocycles. The van der Waals surface area contributed by atoms with Crippen LogP contribution in [-0.2, 0) is 10.0 Å². The molecule has 0 amide bonds. The molecular weight excluding hydrogens is 364 g/mol. The van der Waals surface area contributed by atoms with Crippen LogP contribution < -0.4 is 4.72 Å². The number of pyridine rings is 1. The fraction of sp³-hybridized carbons (Fsp3) is 0. The first kappa shape index (κ1) is 15.3. The lowest BCUT2D eigenvalue weighted by atomic mass is 10.2. The van der Waals surface area contributed by atoms with Gasteiger partial charge in [0.15, 0.2) is 0 Å². The highest BCUT2D eigenvalue weighted by Crippen LogP contribution is 2.27. The number of hydrogen-bond acceptors (Lipinski definition) is 5. The maximum Gasteiger partial charge on any atom is 0.335 e. The maximum absolute atomic E-state index is 12.1. The van der Waals surface area contributed by atoms with Crippen molar-refractivity contribution >= 4 is 37.6 Å². The van der Waals surface area contributed by atoms with Crippen LogP contribution in [0.25, 0.3) is 0 Å². The number of rotatable bonds is 4. The van der Waals surface area contributed by atoms with Gasteiger partial charge in [-0.3, -0.25) is 9.71 Å². The average Bonchev–Trinajstić information content (AvgIpc) is 2.40. The molecule has 1 heterocycles. The first-order valence-corrected chi connectivity index (χ1v) is 7.77. The molecule has 0 atom stereocenters. The first-order valence-electron chi connectivity index (χ1n) is 5.49. The van der Waals surface area contributed by atoms with E-state index in [2.05, 4.69) is 25.6 Å². The second-order valence-corrected chi connectivity index (χ2v) is 6.58. The van der Waals surface area contributed by atoms with Gasteiger partial charge in [0.1, 0.15) is 10.6 Å². The molecule has 0 aliphatic heterocycles. The molecule has 0 aliphatic rings. The zero-order valence-electron chi connectivity index (χ0n) is 10.3. The summed E-state index contributed by atoms with van der Waals surface area (Å²) in [4.78, 5) is 14.4. The van der Waals surface area contributed by atoms with Crippen LogP contribution in [0.15, 0.2) is 46.0 Å². The predicted molar refractivity (Wildman–Crippen MR) is 77.8 cm³/mol. The van der Waals surface area contributed by atoms with Crippen molar-refractivity contribution in [2.24, 2.45) is 0 Å². The number of carboxylic acid groups (broad SMARTS) is 1. The van der Waals surface area contributed by atoms with E-state index in [-0.39, 0.29) is 16.1 Å². The van der Waals surface area contributed by atoms with Crippen LogP contribution in [0.2, 0.25) is 0 Å². The number of carbonyl (C=O) groups is 1. The summed E-state index contributed by atoms with van der Waals surface area (Å²) in [6.07, 6.45) is 2.58. The molecule has 9 heteroatoms. The monoisotopic (exact) mass is 372 g/mol. The maximum atomic E-state index is 12.1. The number of anilines is 1. The van der Waals surface area contributed by atoms with Crippen LogP contribution in [0.3, 0.4) is 0 Å². The van der Waals surface area contributed by atoms with E-state index in [0.717, 1.165) is 12.3 Å². The van der Waals surface area contributed by atoms with E-state index in [1.54, 1.807) is 0 Å². The fourth-order valence-corrected chi connectivity index (χ4v) is 3.07. The third-order valence-electron chi connectivity index (χ3n) is 2.48. The zero-order chi connectivity index (χ0) is 15.6. The Balaban J connectivity index is 2.35. The Bertz CT molecular complexity index is 807. The third kappa shape index (κ3) is 3.50. The molecule has 21 heavy (non-hydrogen) atoms. The quantitative estimate of drug-likeness (QED) is 0.707. The van der Waals surface area contributed by atoms with E-state index >= 15 is 0 Å². The Morgan fingerprint density at radius 3 is 2.52 bits per heavy atom. The van der Waals surface area contributed by atoms with Gasteiger partial charge in [0.05, 0.1) is 11.3 Å². The molecule has 110 valence electrons. The van der Waals surface area contributed by atoms with Crippen molar-refractivity contribution in [3.63, 3.8) is 0 Å². The molecule has 2 rings (SSSR count). The van der Waals surface area contributed by atoms with Gasteiger partial charge in [-0.2, -0.15) is 0 Å². The molecule has 7 nitrogen and oxygen atoms in total. The highest BCUT2D eigenvalue weighted by atomic mass is 79.9. The first-order chi connectivity index (χ1) is 9.79. The molecule has 0 bridgehead atoms. The van der Waals surface area contributed by atoms with Crippen LogP contribution in [0.4, 0.5) is 5.69 Å². The number of phenols is 1. The molecule has 0 unspecified atom stereocenters. The second kappa shape index (κ2) is 5.70. The van der Waals surface area contributed by atoms with Crippen molar-refractivity contribution in [2.45, 2.75) is 4.90 Å². The lowest BCUT2D eigenvalue weighted by Crippen LogP contribution is -2.13. The normalized spacial score (nSPS) is 11.1. The Morgan fingerprint density at radius 1 is 1.24 bits per heavy atom. The number of hydrogen-bond donors (Lipinski definition) is 3. The summed E-state index contributed by atoms with van der Waals surface area (Å²) in [7, 11) is -3.94. The predicted octanol–water partition coefficient (Wildman–Crippen LogP) is 2.05. The average molecular weight is 373 g/mol. The molecule has 0 aliphatic carbocycles. The Kier molecular flexibility index (Phi) is 4.14. The third-order valence-corrected chi connectivity index (χ3v) is 4.25. The van der Waals surface area contributed by atoms with Gasteiger partial charge >= 0.3 is 5.97 Å². The Hall–Kier alpha value is -2.13. The molecule has 3 N–H and O–H groups in total. The number of aromatic nitrogens is 1. The van der Waals surface area contributed by atoms with Gasteiger partial charge in [0.2, 0.25) is 0 Å². The summed E-state index contributed by atoms with van der Waals surface area (Å²) < 4.78 is 26.9. The van der Waals surface area contributed by atoms with Crippen molar-refractivity contribution in [3.05, 3.63) is 46.7 Å². The highest BCUT2D eigenvalue weighted by Gasteiger charge is 2.17. The van der Waals surface area contributed by atoms with Gasteiger partial charge in [-0.25, -0.2) is 13.2 Å². The number of nitrogens with zero attached hydrogens (tertiary/aromatic N) is 1. The second-order valence-electron chi connectivity index (χ2n) is 3.98. The van der Waals surface area contributed by atoms with E-state index in [1.807, 2.05) is 0 Å². The van der Waals surface area contributed by atoms with Gasteiger partial charge in [-0.1, -0.05) is 0 Å². The Labute approximate surface area is 128 Å². The van der Waals surface area contributed by atoms with E-state index in [4.69, 9.17) is 5.11 Å². The number of carboxylic acids is 1. The molecule has 0 saturated heterocycles. The van der Waals surface area contributed by atoms with E-state index < -0.39 is 21.7 Å². The molecular formula is C12H9BrN2O5S. The smallest absolute Gasteiger partial charge is 0.335 e. The zero-order valence-corrected chi connectivity index (χ0v) is 12.7. The lowest BCUT2D eigenvalue weighted by molar-refractivity contribution is 0.0696. The number of sulfonamides is 1. The van der Waals surface area contributed by atoms with Crippen molar-refractivity contribution in [1.82, 2.24) is 4.98 Å². The van der Waals surface area contributed by atoms with Crippen LogP contribution >= 0.6 is 15.9 Å². The Morgan fingerprint density at radius 2 is 1.95 bits per heavy atom. The van der Waals surface area contributed by atoms with Crippen LogP contribution in [0.5, 0.6) is 5.75 Å². The summed E-state index contributed by atoms with van der Waals surface area (Å²) in [5, 5.41) is 18.5. The van der Waals surface area contributed by atoms with Crippen molar-refractivity contribution in [2.75, 3.05) is 4.72 Å². The number of halogens is 1. The van der Waals surface area contributed by atoms with E-state index in [1.165, 1.54) is 24.4 Å². The summed E-state index contributed by atoms with van der Waals surface area (Å²) in [6, 6.07) is 4.65. The van der Waals surface area contributed by atoms with Gasteiger partial charge in [0, 0.05) is 16.9 Å². The lowest BCUT2D eigenvalue weighted by Gasteiger charge is -2.10. The minimum Gasteiger partial charge on any atom is -0.506 e. The number of nitrogens with one attached hydrogen (secondary N) is 1. The van der Waals surface area contributed by atoms with E-state index in [9.17, 15) is 18.3 Å². The summed E-state index contributed by atoms with van der Waals surface area (Å²) in [5.74, 6) is -1.71. The highest BCUT2D eigenvalue weighted by molar-refractivity contribution is 9.10. The summed E-state index contributed by atoms with van der Waals surface area (Å²) in [5.41, 5.74) is -0.278. The summed E-state index contributed by atoms with van der Waals surface area (Å²) >= 11 is 3.11. The van der Waals surface area contributed by atoms with Gasteiger partial charge in [-0.15, -0.1) is 0 Å². The number of aromatic hydroxyl groups is 1. The van der Waals surface area contributed by atoms with Crippen molar-refractivity contribution in [1.29, 1.82) is 0 Å². The molecule has 0 spiro atoms. The fourth-order valence-electron chi connectivity index (χ4n) is 1.49.